The van der Waals surface area contributed by atoms with Gasteiger partial charge in [-0.1, -0.05) is 19.3 Å². The highest BCUT2D eigenvalue weighted by molar-refractivity contribution is 5.84. The molecule has 0 fully saturated rings. The fraction of sp³-hybridized carbons (Fsp3) is 0.727. The second-order valence-electron chi connectivity index (χ2n) is 3.33. The molecule has 0 amide bonds. The van der Waals surface area contributed by atoms with Gasteiger partial charge in [0.25, 0.3) is 0 Å². The lowest BCUT2D eigenvalue weighted by molar-refractivity contribution is -0.242. The molecule has 0 spiro atoms. The predicted octanol–water partition coefficient (Wildman–Crippen LogP) is 2.04. The number of carbonyl (C=O) groups excluding carboxylic acids is 1. The summed E-state index contributed by atoms with van der Waals surface area (Å²) in [6, 6.07) is 0. The third-order valence-electron chi connectivity index (χ3n) is 1.91. The van der Waals surface area contributed by atoms with Gasteiger partial charge in [-0.2, -0.15) is 13.2 Å². The predicted molar refractivity (Wildman–Crippen MR) is 54.9 cm³/mol. The molecule has 0 radical (unpaired) electrons. The van der Waals surface area contributed by atoms with Crippen LogP contribution in [0, 0.1) is 11.8 Å². The van der Waals surface area contributed by atoms with Crippen LogP contribution in [-0.2, 0) is 9.53 Å². The first-order chi connectivity index (χ1) is 7.79. The first-order valence-corrected chi connectivity index (χ1v) is 5.26. The fourth-order valence-corrected chi connectivity index (χ4v) is 0.929. The molecule has 0 aromatic carbocycles. The van der Waals surface area contributed by atoms with E-state index in [-0.39, 0.29) is 13.0 Å². The molecule has 17 heavy (non-hydrogen) atoms. The Morgan fingerprint density at radius 1 is 1.35 bits per heavy atom. The normalized spacial score (nSPS) is 14.5. The highest BCUT2D eigenvalue weighted by atomic mass is 19.4. The van der Waals surface area contributed by atoms with Crippen molar-refractivity contribution in [3.8, 4) is 11.8 Å². The summed E-state index contributed by atoms with van der Waals surface area (Å²) in [4.78, 5) is 11.1. The summed E-state index contributed by atoms with van der Waals surface area (Å²) in [6.45, 7) is 2.94. The van der Waals surface area contributed by atoms with Crippen LogP contribution >= 0.6 is 0 Å². The Labute approximate surface area is 98.0 Å². The zero-order valence-electron chi connectivity index (χ0n) is 9.73. The van der Waals surface area contributed by atoms with E-state index >= 15 is 0 Å². The first-order valence-electron chi connectivity index (χ1n) is 5.26. The standard InChI is InChI=1S/C11H15F3O3/c1-3-5-6-7-8-10(16,11(12,13)14)9(15)17-4-2/h16H,3-6H2,1-2H3/t10-/m1/s1. The molecule has 1 N–H and O–H groups in total. The number of rotatable bonds is 4. The Bertz CT molecular complexity index is 314. The Hall–Kier alpha value is -1.22. The van der Waals surface area contributed by atoms with Crippen LogP contribution in [0.5, 0.6) is 0 Å². The minimum absolute atomic E-state index is 0.189. The van der Waals surface area contributed by atoms with Crippen molar-refractivity contribution in [3.05, 3.63) is 0 Å². The maximum atomic E-state index is 12.5. The molecule has 0 aromatic rings. The lowest BCUT2D eigenvalue weighted by atomic mass is 10.0. The lowest BCUT2D eigenvalue weighted by Gasteiger charge is -2.22. The second-order valence-corrected chi connectivity index (χ2v) is 3.33. The van der Waals surface area contributed by atoms with Crippen molar-refractivity contribution in [2.45, 2.75) is 44.9 Å². The van der Waals surface area contributed by atoms with Crippen LogP contribution in [0.4, 0.5) is 13.2 Å². The van der Waals surface area contributed by atoms with Crippen molar-refractivity contribution in [1.82, 2.24) is 0 Å². The Kier molecular flexibility index (Phi) is 6.03. The van der Waals surface area contributed by atoms with Gasteiger partial charge in [-0.3, -0.25) is 0 Å². The number of hydrogen-bond donors (Lipinski definition) is 1. The molecule has 1 atom stereocenters. The van der Waals surface area contributed by atoms with E-state index in [0.717, 1.165) is 6.42 Å². The van der Waals surface area contributed by atoms with Crippen molar-refractivity contribution >= 4 is 5.97 Å². The molecule has 0 aromatic heterocycles. The molecule has 6 heteroatoms. The zero-order chi connectivity index (χ0) is 13.5. The monoisotopic (exact) mass is 252 g/mol. The van der Waals surface area contributed by atoms with Gasteiger partial charge in [0.1, 0.15) is 0 Å². The summed E-state index contributed by atoms with van der Waals surface area (Å²) in [7, 11) is 0. The van der Waals surface area contributed by atoms with Gasteiger partial charge in [-0.05, 0) is 19.3 Å². The van der Waals surface area contributed by atoms with E-state index in [0.29, 0.717) is 6.42 Å². The minimum atomic E-state index is -5.17. The largest absolute Gasteiger partial charge is 0.463 e. The van der Waals surface area contributed by atoms with E-state index < -0.39 is 17.7 Å². The first kappa shape index (κ1) is 15.8. The van der Waals surface area contributed by atoms with Gasteiger partial charge < -0.3 is 9.84 Å². The maximum Gasteiger partial charge on any atom is 0.440 e. The lowest BCUT2D eigenvalue weighted by Crippen LogP contribution is -2.52. The average molecular weight is 252 g/mol. The number of alkyl halides is 3. The van der Waals surface area contributed by atoms with E-state index in [1.807, 2.05) is 6.92 Å². The topological polar surface area (TPSA) is 46.5 Å². The third-order valence-corrected chi connectivity index (χ3v) is 1.91. The molecule has 3 nitrogen and oxygen atoms in total. The van der Waals surface area contributed by atoms with E-state index in [9.17, 15) is 23.1 Å². The molecule has 0 heterocycles. The van der Waals surface area contributed by atoms with Crippen molar-refractivity contribution in [2.75, 3.05) is 6.61 Å². The zero-order valence-corrected chi connectivity index (χ0v) is 9.73. The van der Waals surface area contributed by atoms with Gasteiger partial charge in [-0.15, -0.1) is 0 Å². The van der Waals surface area contributed by atoms with Crippen LogP contribution in [0.15, 0.2) is 0 Å². The van der Waals surface area contributed by atoms with E-state index in [1.54, 1.807) is 5.92 Å². The third kappa shape index (κ3) is 4.27. The molecule has 0 aliphatic rings. The smallest absolute Gasteiger partial charge is 0.440 e. The fourth-order valence-electron chi connectivity index (χ4n) is 0.929. The average Bonchev–Trinajstić information content (AvgIpc) is 2.22. The van der Waals surface area contributed by atoms with Gasteiger partial charge in [0, 0.05) is 6.42 Å². The number of hydrogen-bond acceptors (Lipinski definition) is 3. The summed E-state index contributed by atoms with van der Waals surface area (Å²) in [5.74, 6) is 1.93. The maximum absolute atomic E-state index is 12.5. The van der Waals surface area contributed by atoms with Crippen molar-refractivity contribution in [1.29, 1.82) is 0 Å². The second kappa shape index (κ2) is 6.50. The Morgan fingerprint density at radius 2 is 1.94 bits per heavy atom. The van der Waals surface area contributed by atoms with E-state index in [4.69, 9.17) is 0 Å². The van der Waals surface area contributed by atoms with Gasteiger partial charge in [0.2, 0.25) is 0 Å². The molecule has 0 aliphatic heterocycles. The minimum Gasteiger partial charge on any atom is -0.463 e. The van der Waals surface area contributed by atoms with E-state index in [2.05, 4.69) is 10.7 Å². The molecule has 0 bridgehead atoms. The van der Waals surface area contributed by atoms with Crippen LogP contribution in [-0.4, -0.2) is 29.5 Å². The summed E-state index contributed by atoms with van der Waals surface area (Å²) >= 11 is 0. The number of aliphatic hydroxyl groups is 1. The quantitative estimate of drug-likeness (QED) is 0.473. The Morgan fingerprint density at radius 3 is 2.35 bits per heavy atom. The molecule has 0 rings (SSSR count). The number of esters is 1. The molecule has 0 saturated heterocycles. The van der Waals surface area contributed by atoms with Gasteiger partial charge in [0.05, 0.1) is 6.61 Å². The summed E-state index contributed by atoms with van der Waals surface area (Å²) in [5, 5.41) is 9.27. The van der Waals surface area contributed by atoms with Gasteiger partial charge in [-0.25, -0.2) is 4.79 Å². The number of halogens is 3. The van der Waals surface area contributed by atoms with Crippen LogP contribution in [0.2, 0.25) is 0 Å². The number of unbranched alkanes of at least 4 members (excludes halogenated alkanes) is 2. The molecule has 0 unspecified atom stereocenters. The number of carbonyl (C=O) groups is 1. The van der Waals surface area contributed by atoms with Crippen LogP contribution in [0.1, 0.15) is 33.1 Å². The molecular weight excluding hydrogens is 237 g/mol. The summed E-state index contributed by atoms with van der Waals surface area (Å²) in [5.41, 5.74) is -3.73. The SMILES string of the molecule is CCCCC#C[C@@](O)(C(=O)OCC)C(F)(F)F. The van der Waals surface area contributed by atoms with Gasteiger partial charge in [0.15, 0.2) is 0 Å². The van der Waals surface area contributed by atoms with E-state index in [1.165, 1.54) is 6.92 Å². The van der Waals surface area contributed by atoms with Gasteiger partial charge >= 0.3 is 17.7 Å². The highest BCUT2D eigenvalue weighted by Gasteiger charge is 2.60. The number of ether oxygens (including phenoxy) is 1. The summed E-state index contributed by atoms with van der Waals surface area (Å²) in [6.07, 6.45) is -3.62. The highest BCUT2D eigenvalue weighted by Crippen LogP contribution is 2.31. The van der Waals surface area contributed by atoms with Crippen LogP contribution < -0.4 is 0 Å². The molecule has 98 valence electrons. The molecule has 0 aliphatic carbocycles. The van der Waals surface area contributed by atoms with Crippen molar-refractivity contribution in [2.24, 2.45) is 0 Å². The molecule has 0 saturated carbocycles. The molecular formula is C11H15F3O3. The van der Waals surface area contributed by atoms with Crippen LogP contribution in [0.3, 0.4) is 0 Å². The Balaban J connectivity index is 4.97. The van der Waals surface area contributed by atoms with Crippen LogP contribution in [0.25, 0.3) is 0 Å². The summed E-state index contributed by atoms with van der Waals surface area (Å²) < 4.78 is 41.8. The van der Waals surface area contributed by atoms with Crippen molar-refractivity contribution < 1.29 is 27.8 Å². The van der Waals surface area contributed by atoms with Crippen molar-refractivity contribution in [3.63, 3.8) is 0 Å².